The molecule has 0 aromatic heterocycles. The summed E-state index contributed by atoms with van der Waals surface area (Å²) in [6.07, 6.45) is 4.17. The lowest BCUT2D eigenvalue weighted by molar-refractivity contribution is -0.132. The van der Waals surface area contributed by atoms with E-state index in [1.807, 2.05) is 25.1 Å². The van der Waals surface area contributed by atoms with Gasteiger partial charge in [0, 0.05) is 5.57 Å². The second kappa shape index (κ2) is 5.57. The van der Waals surface area contributed by atoms with E-state index in [1.54, 1.807) is 0 Å². The molecule has 0 radical (unpaired) electrons. The van der Waals surface area contributed by atoms with Gasteiger partial charge in [0.05, 0.1) is 0 Å². The van der Waals surface area contributed by atoms with Crippen molar-refractivity contribution in [1.82, 2.24) is 0 Å². The minimum atomic E-state index is -0.815. The van der Waals surface area contributed by atoms with E-state index >= 15 is 0 Å². The molecule has 0 fully saturated rings. The van der Waals surface area contributed by atoms with Crippen LogP contribution in [0.25, 0.3) is 17.2 Å². The lowest BCUT2D eigenvalue weighted by Crippen LogP contribution is -2.00. The average Bonchev–Trinajstić information content (AvgIpc) is 2.86. The quantitative estimate of drug-likeness (QED) is 0.712. The van der Waals surface area contributed by atoms with Crippen molar-refractivity contribution < 1.29 is 9.90 Å². The molecule has 0 unspecified atom stereocenters. The van der Waals surface area contributed by atoms with E-state index in [1.165, 1.54) is 22.3 Å². The van der Waals surface area contributed by atoms with Crippen LogP contribution in [0, 0.1) is 0 Å². The van der Waals surface area contributed by atoms with Crippen molar-refractivity contribution in [2.24, 2.45) is 0 Å². The summed E-state index contributed by atoms with van der Waals surface area (Å²) < 4.78 is 0. The molecule has 1 aliphatic carbocycles. The predicted molar refractivity (Wildman–Crippen MR) is 85.2 cm³/mol. The van der Waals surface area contributed by atoms with Crippen LogP contribution in [0.4, 0.5) is 0 Å². The Bertz CT molecular complexity index is 726. The summed E-state index contributed by atoms with van der Waals surface area (Å²) in [7, 11) is 0. The summed E-state index contributed by atoms with van der Waals surface area (Å²) in [6, 6.07) is 14.5. The Morgan fingerprint density at radius 3 is 2.67 bits per heavy atom. The molecule has 0 bridgehead atoms. The van der Waals surface area contributed by atoms with E-state index in [0.29, 0.717) is 12.0 Å². The number of aliphatic carboxylic acids is 1. The van der Waals surface area contributed by atoms with Crippen LogP contribution in [0.2, 0.25) is 0 Å². The summed E-state index contributed by atoms with van der Waals surface area (Å²) in [5.74, 6) is -0.815. The number of carbonyl (C=O) groups is 1. The van der Waals surface area contributed by atoms with Crippen LogP contribution < -0.4 is 0 Å². The zero-order valence-electron chi connectivity index (χ0n) is 12.1. The topological polar surface area (TPSA) is 37.3 Å². The Balaban J connectivity index is 2.08. The highest BCUT2D eigenvalue weighted by molar-refractivity contribution is 5.93. The van der Waals surface area contributed by atoms with Crippen molar-refractivity contribution in [3.05, 3.63) is 64.7 Å². The lowest BCUT2D eigenvalue weighted by atomic mass is 9.98. The highest BCUT2D eigenvalue weighted by atomic mass is 16.4. The molecule has 1 aliphatic rings. The molecule has 0 amide bonds. The summed E-state index contributed by atoms with van der Waals surface area (Å²) in [4.78, 5) is 11.3. The molecule has 21 heavy (non-hydrogen) atoms. The third-order valence-electron chi connectivity index (χ3n) is 4.01. The van der Waals surface area contributed by atoms with Crippen LogP contribution in [-0.2, 0) is 11.2 Å². The molecule has 0 saturated heterocycles. The summed E-state index contributed by atoms with van der Waals surface area (Å²) in [5.41, 5.74) is 6.60. The molecule has 0 spiro atoms. The zero-order valence-corrected chi connectivity index (χ0v) is 12.1. The van der Waals surface area contributed by atoms with Crippen molar-refractivity contribution >= 4 is 12.0 Å². The van der Waals surface area contributed by atoms with Crippen molar-refractivity contribution in [2.45, 2.75) is 26.2 Å². The Morgan fingerprint density at radius 2 is 1.90 bits per heavy atom. The van der Waals surface area contributed by atoms with Crippen LogP contribution in [0.1, 0.15) is 36.5 Å². The Labute approximate surface area is 124 Å². The minimum Gasteiger partial charge on any atom is -0.478 e. The first-order chi connectivity index (χ1) is 10.2. The van der Waals surface area contributed by atoms with Gasteiger partial charge in [-0.2, -0.15) is 0 Å². The fraction of sp³-hybridized carbons (Fsp3) is 0.211. The average molecular weight is 278 g/mol. The molecule has 2 aromatic rings. The van der Waals surface area contributed by atoms with Gasteiger partial charge in [-0.3, -0.25) is 0 Å². The van der Waals surface area contributed by atoms with Crippen LogP contribution in [-0.4, -0.2) is 11.1 Å². The summed E-state index contributed by atoms with van der Waals surface area (Å²) >= 11 is 0. The monoisotopic (exact) mass is 278 g/mol. The van der Waals surface area contributed by atoms with E-state index in [2.05, 4.69) is 30.3 Å². The molecule has 0 aliphatic heterocycles. The number of benzene rings is 2. The Kier molecular flexibility index (Phi) is 3.61. The lowest BCUT2D eigenvalue weighted by Gasteiger charge is -2.06. The highest BCUT2D eigenvalue weighted by Gasteiger charge is 2.20. The fourth-order valence-corrected chi connectivity index (χ4v) is 3.02. The van der Waals surface area contributed by atoms with Gasteiger partial charge in [0.1, 0.15) is 0 Å². The van der Waals surface area contributed by atoms with Gasteiger partial charge in [0.25, 0.3) is 0 Å². The zero-order chi connectivity index (χ0) is 14.8. The predicted octanol–water partition coefficient (Wildman–Crippen LogP) is 4.53. The number of carboxylic acid groups (broad SMARTS) is 1. The van der Waals surface area contributed by atoms with E-state index in [4.69, 9.17) is 0 Å². The van der Waals surface area contributed by atoms with Gasteiger partial charge in [0.2, 0.25) is 0 Å². The maximum atomic E-state index is 11.3. The molecular formula is C19H18O2. The second-order valence-electron chi connectivity index (χ2n) is 5.43. The highest BCUT2D eigenvalue weighted by Crippen LogP contribution is 2.38. The van der Waals surface area contributed by atoms with Crippen molar-refractivity contribution in [3.63, 3.8) is 0 Å². The van der Waals surface area contributed by atoms with Crippen LogP contribution >= 0.6 is 0 Å². The molecule has 3 rings (SSSR count). The Morgan fingerprint density at radius 1 is 1.14 bits per heavy atom. The first-order valence-electron chi connectivity index (χ1n) is 7.34. The molecule has 0 saturated carbocycles. The smallest absolute Gasteiger partial charge is 0.331 e. The van der Waals surface area contributed by atoms with Crippen LogP contribution in [0.5, 0.6) is 0 Å². The van der Waals surface area contributed by atoms with Gasteiger partial charge in [-0.15, -0.1) is 0 Å². The van der Waals surface area contributed by atoms with E-state index in [9.17, 15) is 9.90 Å². The van der Waals surface area contributed by atoms with Crippen molar-refractivity contribution in [3.8, 4) is 11.1 Å². The van der Waals surface area contributed by atoms with E-state index in [-0.39, 0.29) is 0 Å². The molecular weight excluding hydrogens is 260 g/mol. The first-order valence-corrected chi connectivity index (χ1v) is 7.34. The molecule has 1 N–H and O–H groups in total. The minimum absolute atomic E-state index is 0.488. The maximum Gasteiger partial charge on any atom is 0.331 e. The van der Waals surface area contributed by atoms with Gasteiger partial charge in [-0.1, -0.05) is 55.8 Å². The number of rotatable bonds is 4. The fourth-order valence-electron chi connectivity index (χ4n) is 3.02. The number of hydrogen-bond donors (Lipinski definition) is 1. The number of hydrogen-bond acceptors (Lipinski definition) is 1. The third-order valence-corrected chi connectivity index (χ3v) is 4.01. The molecule has 2 heteroatoms. The van der Waals surface area contributed by atoms with Gasteiger partial charge in [0.15, 0.2) is 0 Å². The van der Waals surface area contributed by atoms with Gasteiger partial charge in [-0.05, 0) is 46.7 Å². The molecule has 2 aromatic carbocycles. The van der Waals surface area contributed by atoms with Crippen LogP contribution in [0.15, 0.2) is 48.0 Å². The van der Waals surface area contributed by atoms with Crippen molar-refractivity contribution in [2.75, 3.05) is 0 Å². The SMILES string of the molecule is CCCC(=Cc1cccc2c1Cc1ccccc1-2)C(=O)O. The number of fused-ring (bicyclic) bond motifs is 3. The Hall–Kier alpha value is -2.35. The second-order valence-corrected chi connectivity index (χ2v) is 5.43. The maximum absolute atomic E-state index is 11.3. The van der Waals surface area contributed by atoms with Gasteiger partial charge in [-0.25, -0.2) is 4.79 Å². The molecule has 0 heterocycles. The van der Waals surface area contributed by atoms with Crippen molar-refractivity contribution in [1.29, 1.82) is 0 Å². The van der Waals surface area contributed by atoms with E-state index < -0.39 is 5.97 Å². The summed E-state index contributed by atoms with van der Waals surface area (Å²) in [6.45, 7) is 2.00. The largest absolute Gasteiger partial charge is 0.478 e. The molecule has 106 valence electrons. The normalized spacial score (nSPS) is 12.9. The van der Waals surface area contributed by atoms with Gasteiger partial charge < -0.3 is 5.11 Å². The third kappa shape index (κ3) is 2.49. The molecule has 0 atom stereocenters. The standard InChI is InChI=1S/C19H18O2/c1-2-6-15(19(20)21)11-13-8-5-10-17-16-9-4-3-7-14(16)12-18(13)17/h3-5,7-11H,2,6,12H2,1H3,(H,20,21). The molecule has 2 nitrogen and oxygen atoms in total. The van der Waals surface area contributed by atoms with E-state index in [0.717, 1.165) is 18.4 Å². The number of carboxylic acids is 1. The van der Waals surface area contributed by atoms with Crippen LogP contribution in [0.3, 0.4) is 0 Å². The van der Waals surface area contributed by atoms with Gasteiger partial charge >= 0.3 is 5.97 Å². The first kappa shape index (κ1) is 13.6. The summed E-state index contributed by atoms with van der Waals surface area (Å²) in [5, 5.41) is 9.32.